The zero-order chi connectivity index (χ0) is 17.1. The second-order valence-electron chi connectivity index (χ2n) is 7.81. The summed E-state index contributed by atoms with van der Waals surface area (Å²) in [6, 6.07) is 6.96. The first-order valence-electron chi connectivity index (χ1n) is 9.62. The maximum Gasteiger partial charge on any atom is 0.227 e. The van der Waals surface area contributed by atoms with Crippen molar-refractivity contribution < 1.29 is 4.79 Å². The van der Waals surface area contributed by atoms with Crippen LogP contribution in [0.25, 0.3) is 0 Å². The summed E-state index contributed by atoms with van der Waals surface area (Å²) in [5, 5.41) is 0. The van der Waals surface area contributed by atoms with Gasteiger partial charge in [0.2, 0.25) is 5.91 Å². The molecule has 1 fully saturated rings. The van der Waals surface area contributed by atoms with Crippen molar-refractivity contribution in [2.24, 2.45) is 5.92 Å². The summed E-state index contributed by atoms with van der Waals surface area (Å²) in [5.41, 5.74) is 3.86. The molecule has 3 heteroatoms. The van der Waals surface area contributed by atoms with E-state index in [2.05, 4.69) is 52.9 Å². The van der Waals surface area contributed by atoms with Crippen LogP contribution in [0.15, 0.2) is 18.2 Å². The van der Waals surface area contributed by atoms with Gasteiger partial charge in [0.25, 0.3) is 0 Å². The number of halogens is 1. The first kappa shape index (κ1) is 18.0. The van der Waals surface area contributed by atoms with Gasteiger partial charge in [-0.2, -0.15) is 0 Å². The van der Waals surface area contributed by atoms with Crippen LogP contribution in [0.1, 0.15) is 69.9 Å². The van der Waals surface area contributed by atoms with Gasteiger partial charge in [0.1, 0.15) is 0 Å². The van der Waals surface area contributed by atoms with E-state index in [0.717, 1.165) is 30.9 Å². The molecule has 0 N–H and O–H groups in total. The van der Waals surface area contributed by atoms with Crippen LogP contribution in [0.2, 0.25) is 0 Å². The highest BCUT2D eigenvalue weighted by Crippen LogP contribution is 2.35. The number of benzene rings is 1. The van der Waals surface area contributed by atoms with Crippen molar-refractivity contribution >= 4 is 27.5 Å². The molecule has 0 aromatic heterocycles. The molecule has 1 aliphatic carbocycles. The number of anilines is 1. The standard InChI is InChI=1S/C21H30BrNO/c1-15(22)12-18-8-10-20-19(14-18)13-16(2)23(20)21(24)11-9-17-6-4-3-5-7-17/h8,10,14-17H,3-7,9,11-13H2,1-2H3. The van der Waals surface area contributed by atoms with Gasteiger partial charge in [-0.15, -0.1) is 0 Å². The van der Waals surface area contributed by atoms with Crippen LogP contribution < -0.4 is 4.90 Å². The number of rotatable bonds is 5. The minimum atomic E-state index is 0.301. The molecule has 3 rings (SSSR count). The Hall–Kier alpha value is -0.830. The fourth-order valence-electron chi connectivity index (χ4n) is 4.44. The Bertz CT molecular complexity index is 577. The number of amides is 1. The van der Waals surface area contributed by atoms with E-state index in [1.165, 1.54) is 43.2 Å². The van der Waals surface area contributed by atoms with E-state index < -0.39 is 0 Å². The highest BCUT2D eigenvalue weighted by Gasteiger charge is 2.31. The van der Waals surface area contributed by atoms with E-state index in [1.807, 2.05) is 0 Å². The van der Waals surface area contributed by atoms with Gasteiger partial charge in [-0.1, -0.05) is 67.1 Å². The van der Waals surface area contributed by atoms with E-state index in [4.69, 9.17) is 0 Å². The van der Waals surface area contributed by atoms with Gasteiger partial charge in [0, 0.05) is 23.0 Å². The fourth-order valence-corrected chi connectivity index (χ4v) is 4.81. The topological polar surface area (TPSA) is 20.3 Å². The first-order chi connectivity index (χ1) is 11.5. The van der Waals surface area contributed by atoms with Gasteiger partial charge in [-0.3, -0.25) is 4.79 Å². The van der Waals surface area contributed by atoms with Gasteiger partial charge in [0.15, 0.2) is 0 Å². The second-order valence-corrected chi connectivity index (χ2v) is 9.37. The van der Waals surface area contributed by atoms with Crippen LogP contribution in [0, 0.1) is 5.92 Å². The molecule has 2 atom stereocenters. The van der Waals surface area contributed by atoms with Crippen molar-refractivity contribution in [2.45, 2.75) is 82.5 Å². The van der Waals surface area contributed by atoms with Crippen molar-refractivity contribution in [1.29, 1.82) is 0 Å². The zero-order valence-electron chi connectivity index (χ0n) is 15.1. The van der Waals surface area contributed by atoms with Crippen molar-refractivity contribution in [3.63, 3.8) is 0 Å². The largest absolute Gasteiger partial charge is 0.309 e. The summed E-state index contributed by atoms with van der Waals surface area (Å²) >= 11 is 3.63. The lowest BCUT2D eigenvalue weighted by atomic mass is 9.86. The van der Waals surface area contributed by atoms with Crippen molar-refractivity contribution in [3.8, 4) is 0 Å². The summed E-state index contributed by atoms with van der Waals surface area (Å²) in [5.74, 6) is 1.11. The minimum absolute atomic E-state index is 0.301. The van der Waals surface area contributed by atoms with E-state index >= 15 is 0 Å². The number of hydrogen-bond donors (Lipinski definition) is 0. The molecule has 1 heterocycles. The molecule has 1 amide bonds. The molecule has 24 heavy (non-hydrogen) atoms. The normalized spacial score (nSPS) is 22.5. The van der Waals surface area contributed by atoms with E-state index in [9.17, 15) is 4.79 Å². The molecule has 2 nitrogen and oxygen atoms in total. The van der Waals surface area contributed by atoms with Gasteiger partial charge >= 0.3 is 0 Å². The number of nitrogens with zero attached hydrogens (tertiary/aromatic N) is 1. The maximum absolute atomic E-state index is 12.8. The van der Waals surface area contributed by atoms with Crippen molar-refractivity contribution in [1.82, 2.24) is 0 Å². The quantitative estimate of drug-likeness (QED) is 0.593. The Morgan fingerprint density at radius 2 is 2.04 bits per heavy atom. The van der Waals surface area contributed by atoms with E-state index in [1.54, 1.807) is 0 Å². The van der Waals surface area contributed by atoms with Gasteiger partial charge < -0.3 is 4.90 Å². The van der Waals surface area contributed by atoms with E-state index in [0.29, 0.717) is 23.2 Å². The monoisotopic (exact) mass is 391 g/mol. The third-order valence-electron chi connectivity index (χ3n) is 5.64. The Balaban J connectivity index is 1.65. The number of alkyl halides is 1. The van der Waals surface area contributed by atoms with Crippen LogP contribution in [0.3, 0.4) is 0 Å². The summed E-state index contributed by atoms with van der Waals surface area (Å²) in [7, 11) is 0. The second kappa shape index (κ2) is 8.03. The molecule has 132 valence electrons. The Morgan fingerprint density at radius 3 is 2.75 bits per heavy atom. The lowest BCUT2D eigenvalue weighted by molar-refractivity contribution is -0.119. The predicted octanol–water partition coefficient (Wildman–Crippen LogP) is 5.65. The minimum Gasteiger partial charge on any atom is -0.309 e. The molecule has 1 aromatic carbocycles. The van der Waals surface area contributed by atoms with E-state index in [-0.39, 0.29) is 0 Å². The Labute approximate surface area is 155 Å². The maximum atomic E-state index is 12.8. The number of fused-ring (bicyclic) bond motifs is 1. The van der Waals surface area contributed by atoms with Crippen molar-refractivity contribution in [2.75, 3.05) is 4.90 Å². The van der Waals surface area contributed by atoms with Gasteiger partial charge in [-0.05, 0) is 49.3 Å². The highest BCUT2D eigenvalue weighted by molar-refractivity contribution is 9.09. The van der Waals surface area contributed by atoms with Crippen LogP contribution in [0.5, 0.6) is 0 Å². The molecule has 0 radical (unpaired) electrons. The lowest BCUT2D eigenvalue weighted by Gasteiger charge is -2.25. The molecule has 1 aliphatic heterocycles. The smallest absolute Gasteiger partial charge is 0.227 e. The summed E-state index contributed by atoms with van der Waals surface area (Å²) < 4.78 is 0. The van der Waals surface area contributed by atoms with Crippen LogP contribution >= 0.6 is 15.9 Å². The average Bonchev–Trinajstić information content (AvgIpc) is 2.88. The molecule has 0 spiro atoms. The number of carbonyl (C=O) groups is 1. The molecular weight excluding hydrogens is 362 g/mol. The van der Waals surface area contributed by atoms with Gasteiger partial charge in [0.05, 0.1) is 0 Å². The average molecular weight is 392 g/mol. The highest BCUT2D eigenvalue weighted by atomic mass is 79.9. The molecule has 1 aromatic rings. The van der Waals surface area contributed by atoms with Crippen LogP contribution in [0.4, 0.5) is 5.69 Å². The molecular formula is C21H30BrNO. The van der Waals surface area contributed by atoms with Crippen LogP contribution in [-0.4, -0.2) is 16.8 Å². The molecule has 2 unspecified atom stereocenters. The molecule has 2 aliphatic rings. The number of carbonyl (C=O) groups excluding carboxylic acids is 1. The molecule has 1 saturated carbocycles. The Morgan fingerprint density at radius 1 is 1.29 bits per heavy atom. The molecule has 0 saturated heterocycles. The fraction of sp³-hybridized carbons (Fsp3) is 0.667. The zero-order valence-corrected chi connectivity index (χ0v) is 16.6. The number of hydrogen-bond acceptors (Lipinski definition) is 1. The van der Waals surface area contributed by atoms with Gasteiger partial charge in [-0.25, -0.2) is 0 Å². The third kappa shape index (κ3) is 4.22. The first-order valence-corrected chi connectivity index (χ1v) is 10.5. The van der Waals surface area contributed by atoms with Crippen LogP contribution in [-0.2, 0) is 17.6 Å². The summed E-state index contributed by atoms with van der Waals surface area (Å²) in [4.78, 5) is 15.4. The molecule has 0 bridgehead atoms. The lowest BCUT2D eigenvalue weighted by Crippen LogP contribution is -2.35. The predicted molar refractivity (Wildman–Crippen MR) is 105 cm³/mol. The third-order valence-corrected chi connectivity index (χ3v) is 5.96. The Kier molecular flexibility index (Phi) is 6.02. The summed E-state index contributed by atoms with van der Waals surface area (Å²) in [6.45, 7) is 4.36. The SMILES string of the molecule is CC(Br)Cc1ccc2c(c1)CC(C)N2C(=O)CCC1CCCCC1. The van der Waals surface area contributed by atoms with Crippen molar-refractivity contribution in [3.05, 3.63) is 29.3 Å². The summed E-state index contributed by atoms with van der Waals surface area (Å²) in [6.07, 6.45) is 10.6.